The maximum absolute atomic E-state index is 13.9. The fourth-order valence-corrected chi connectivity index (χ4v) is 11.5. The number of carbonyl (C=O) groups excluding carboxylic acids is 8. The Hall–Kier alpha value is -6.27. The van der Waals surface area contributed by atoms with Gasteiger partial charge in [0, 0.05) is 76.0 Å². The average molecular weight is 1160 g/mol. The van der Waals surface area contributed by atoms with Crippen LogP contribution in [0.25, 0.3) is 0 Å². The van der Waals surface area contributed by atoms with Crippen molar-refractivity contribution in [2.75, 3.05) is 86.0 Å². The summed E-state index contributed by atoms with van der Waals surface area (Å²) in [6.45, 7) is 13.1. The van der Waals surface area contributed by atoms with Crippen molar-refractivity contribution in [3.05, 3.63) is 82.5 Å². The predicted octanol–water partition coefficient (Wildman–Crippen LogP) is 6.07. The quantitative estimate of drug-likeness (QED) is 0.0555. The SMILES string of the molecule is COc1ccc(CC(NC(=O)C(CC#N)CC(=O)CN2CCOCC2)C(=O)CC(CC2=CCCC2)C(=O)C2(C)CO2)cc1.Cc1ccc(CC(NC(=O)C(C)CC(=O)CN2CCOCC2)C(=O)CC(CC2=CCCC2)C(=O)C2(C)CO2)cc1O. The molecule has 6 aliphatic rings. The number of hydrogen-bond acceptors (Lipinski definition) is 17. The molecule has 456 valence electrons. The van der Waals surface area contributed by atoms with E-state index < -0.39 is 52.9 Å². The molecule has 8 atom stereocenters. The molecule has 8 unspecified atom stereocenters. The number of nitrogens with one attached hydrogen (secondary N) is 2. The molecule has 0 aromatic heterocycles. The summed E-state index contributed by atoms with van der Waals surface area (Å²) in [7, 11) is 1.57. The van der Waals surface area contributed by atoms with Gasteiger partial charge in [0.2, 0.25) is 11.8 Å². The molecule has 8 rings (SSSR count). The zero-order chi connectivity index (χ0) is 60.4. The third-order valence-corrected chi connectivity index (χ3v) is 17.0. The van der Waals surface area contributed by atoms with Gasteiger partial charge in [-0.15, -0.1) is 0 Å². The molecule has 2 aromatic rings. The van der Waals surface area contributed by atoms with E-state index in [1.807, 2.05) is 34.1 Å². The van der Waals surface area contributed by atoms with Crippen molar-refractivity contribution < 1.29 is 67.1 Å². The van der Waals surface area contributed by atoms with E-state index in [1.54, 1.807) is 59.1 Å². The van der Waals surface area contributed by atoms with Gasteiger partial charge >= 0.3 is 0 Å². The first kappa shape index (κ1) is 65.3. The molecule has 0 radical (unpaired) electrons. The van der Waals surface area contributed by atoms with E-state index in [0.717, 1.165) is 44.1 Å². The maximum atomic E-state index is 13.9. The first-order chi connectivity index (χ1) is 40.2. The monoisotopic (exact) mass is 1160 g/mol. The molecule has 2 aromatic carbocycles. The lowest BCUT2D eigenvalue weighted by Gasteiger charge is -2.27. The number of phenols is 1. The van der Waals surface area contributed by atoms with Crippen molar-refractivity contribution in [2.24, 2.45) is 23.7 Å². The second-order valence-corrected chi connectivity index (χ2v) is 24.1. The standard InChI is InChI=1S/C33H43N3O7.C32H44N2O7/c1-33(22-43-33)31(39)26(17-23-5-3-4-6-23)20-30(38)29(18-24-7-9-28(41-2)10-8-24)35-32(40)25(11-12-34)19-27(37)21-36-13-15-42-16-14-36;1-21-8-9-24(17-28(21)36)16-27(33-31(39)22(2)14-26(35)19-34-10-12-40-13-11-34)29(37)18-25(15-23-6-4-5-7-23)30(38)32(3)20-41-32/h5,7-10,25-26,29H,3-4,6,11,13-22H2,1-2H3,(H,35,40);6,8-9,17,22,25,27,36H,4-5,7,10-16,18-20H2,1-3H3,(H,33,39). The Kier molecular flexibility index (Phi) is 24.3. The normalized spacial score (nSPS) is 22.4. The molecule has 4 fully saturated rings. The summed E-state index contributed by atoms with van der Waals surface area (Å²) in [5, 5.41) is 25.4. The van der Waals surface area contributed by atoms with Gasteiger partial charge in [0.05, 0.1) is 83.9 Å². The lowest BCUT2D eigenvalue weighted by Crippen LogP contribution is -2.47. The minimum absolute atomic E-state index is 0.0117. The Labute approximate surface area is 494 Å². The highest BCUT2D eigenvalue weighted by Crippen LogP contribution is 2.37. The van der Waals surface area contributed by atoms with Gasteiger partial charge in [0.15, 0.2) is 23.1 Å². The summed E-state index contributed by atoms with van der Waals surface area (Å²) >= 11 is 0. The van der Waals surface area contributed by atoms with Gasteiger partial charge in [-0.2, -0.15) is 5.26 Å². The topological polar surface area (TPSA) is 264 Å². The summed E-state index contributed by atoms with van der Waals surface area (Å²) in [6, 6.07) is 12.6. The lowest BCUT2D eigenvalue weighted by atomic mass is 9.83. The number of aromatic hydroxyl groups is 1. The smallest absolute Gasteiger partial charge is 0.225 e. The molecular weight excluding hydrogens is 1070 g/mol. The van der Waals surface area contributed by atoms with Gasteiger partial charge in [0.1, 0.15) is 34.3 Å². The minimum atomic E-state index is -0.933. The van der Waals surface area contributed by atoms with E-state index in [1.165, 1.54) is 11.1 Å². The van der Waals surface area contributed by atoms with Crippen LogP contribution in [0.15, 0.2) is 65.8 Å². The third kappa shape index (κ3) is 19.9. The maximum Gasteiger partial charge on any atom is 0.225 e. The van der Waals surface area contributed by atoms with Crippen molar-refractivity contribution in [3.63, 3.8) is 0 Å². The molecule has 2 amide bonds. The van der Waals surface area contributed by atoms with E-state index in [4.69, 9.17) is 23.7 Å². The highest BCUT2D eigenvalue weighted by molar-refractivity contribution is 5.99. The van der Waals surface area contributed by atoms with Crippen LogP contribution < -0.4 is 15.4 Å². The highest BCUT2D eigenvalue weighted by Gasteiger charge is 2.51. The van der Waals surface area contributed by atoms with Gasteiger partial charge in [-0.1, -0.05) is 54.5 Å². The Morgan fingerprint density at radius 3 is 1.56 bits per heavy atom. The Bertz CT molecular complexity index is 2770. The number of hydrogen-bond donors (Lipinski definition) is 3. The minimum Gasteiger partial charge on any atom is -0.508 e. The number of epoxide rings is 2. The van der Waals surface area contributed by atoms with Crippen LogP contribution in [0.4, 0.5) is 0 Å². The number of aryl methyl sites for hydroxylation is 1. The number of carbonyl (C=O) groups is 8. The molecule has 0 saturated carbocycles. The largest absolute Gasteiger partial charge is 0.508 e. The second-order valence-electron chi connectivity index (χ2n) is 24.1. The van der Waals surface area contributed by atoms with Crippen LogP contribution in [-0.4, -0.2) is 171 Å². The third-order valence-electron chi connectivity index (χ3n) is 17.0. The number of benzene rings is 2. The van der Waals surface area contributed by atoms with Crippen molar-refractivity contribution in [3.8, 4) is 17.6 Å². The number of phenolic OH excluding ortho intramolecular Hbond substituents is 1. The summed E-state index contributed by atoms with van der Waals surface area (Å²) < 4.78 is 26.8. The molecule has 19 nitrogen and oxygen atoms in total. The van der Waals surface area contributed by atoms with Crippen molar-refractivity contribution >= 4 is 46.5 Å². The average Bonchev–Trinajstić information content (AvgIpc) is 4.30. The van der Waals surface area contributed by atoms with Gasteiger partial charge in [0.25, 0.3) is 0 Å². The van der Waals surface area contributed by atoms with Crippen molar-refractivity contribution in [1.29, 1.82) is 5.26 Å². The van der Waals surface area contributed by atoms with Crippen molar-refractivity contribution in [2.45, 2.75) is 147 Å². The fourth-order valence-electron chi connectivity index (χ4n) is 11.5. The number of nitrogens with zero attached hydrogens (tertiary/aromatic N) is 3. The van der Waals surface area contributed by atoms with Gasteiger partial charge in [-0.05, 0) is 120 Å². The van der Waals surface area contributed by atoms with Crippen LogP contribution in [0, 0.1) is 41.9 Å². The van der Waals surface area contributed by atoms with E-state index >= 15 is 0 Å². The Balaban J connectivity index is 0.000000241. The predicted molar refractivity (Wildman–Crippen MR) is 312 cm³/mol. The molecule has 19 heteroatoms. The molecular formula is C65H87N5O14. The van der Waals surface area contributed by atoms with Gasteiger partial charge < -0.3 is 39.4 Å². The van der Waals surface area contributed by atoms with E-state index in [9.17, 15) is 48.7 Å². The summed E-state index contributed by atoms with van der Waals surface area (Å²) in [5.41, 5.74) is 2.87. The first-order valence-electron chi connectivity index (χ1n) is 30.0. The zero-order valence-corrected chi connectivity index (χ0v) is 49.8. The molecule has 4 saturated heterocycles. The lowest BCUT2D eigenvalue weighted by molar-refractivity contribution is -0.134. The van der Waals surface area contributed by atoms with Crippen LogP contribution >= 0.6 is 0 Å². The number of Topliss-reactive ketones (excluding diaryl/α,β-unsaturated/α-hetero) is 6. The summed E-state index contributed by atoms with van der Waals surface area (Å²) in [6.07, 6.45) is 11.4. The van der Waals surface area contributed by atoms with Crippen molar-refractivity contribution in [1.82, 2.24) is 20.4 Å². The number of rotatable bonds is 32. The number of allylic oxidation sites excluding steroid dienone is 4. The molecule has 4 heterocycles. The number of morpholine rings is 2. The molecule has 4 aliphatic heterocycles. The molecule has 0 spiro atoms. The number of amides is 2. The van der Waals surface area contributed by atoms with E-state index in [0.29, 0.717) is 95.5 Å². The van der Waals surface area contributed by atoms with E-state index in [-0.39, 0.29) is 104 Å². The van der Waals surface area contributed by atoms with Gasteiger partial charge in [-0.25, -0.2) is 0 Å². The van der Waals surface area contributed by atoms with Crippen LogP contribution in [0.2, 0.25) is 0 Å². The summed E-state index contributed by atoms with van der Waals surface area (Å²) in [5.74, 6) is -3.53. The van der Waals surface area contributed by atoms with E-state index in [2.05, 4.69) is 22.8 Å². The number of methoxy groups -OCH3 is 1. The van der Waals surface area contributed by atoms with Gasteiger partial charge in [-0.3, -0.25) is 48.2 Å². The molecule has 0 bridgehead atoms. The van der Waals surface area contributed by atoms with Crippen LogP contribution in [0.1, 0.15) is 121 Å². The number of nitriles is 1. The molecule has 2 aliphatic carbocycles. The molecule has 84 heavy (non-hydrogen) atoms. The number of ketones is 6. The Morgan fingerprint density at radius 1 is 0.655 bits per heavy atom. The first-order valence-corrected chi connectivity index (χ1v) is 30.0. The number of ether oxygens (including phenoxy) is 5. The summed E-state index contributed by atoms with van der Waals surface area (Å²) in [4.78, 5) is 111. The van der Waals surface area contributed by atoms with Crippen LogP contribution in [-0.2, 0) is 70.1 Å². The van der Waals surface area contributed by atoms with Crippen LogP contribution in [0.5, 0.6) is 11.5 Å². The fraction of sp³-hybridized carbons (Fsp3) is 0.615. The Morgan fingerprint density at radius 2 is 1.12 bits per heavy atom. The second kappa shape index (κ2) is 31.2. The molecule has 3 N–H and O–H groups in total. The van der Waals surface area contributed by atoms with Crippen LogP contribution in [0.3, 0.4) is 0 Å². The zero-order valence-electron chi connectivity index (χ0n) is 49.8. The highest BCUT2D eigenvalue weighted by atomic mass is 16.6.